The van der Waals surface area contributed by atoms with Crippen molar-refractivity contribution < 1.29 is 0 Å². The van der Waals surface area contributed by atoms with E-state index in [2.05, 4.69) is 41.6 Å². The van der Waals surface area contributed by atoms with E-state index in [-0.39, 0.29) is 6.04 Å². The molecule has 1 N–H and O–H groups in total. The van der Waals surface area contributed by atoms with Crippen LogP contribution in [0, 0.1) is 6.92 Å². The lowest BCUT2D eigenvalue weighted by Gasteiger charge is -2.20. The molecule has 1 heterocycles. The van der Waals surface area contributed by atoms with E-state index in [0.717, 1.165) is 29.3 Å². The van der Waals surface area contributed by atoms with Crippen molar-refractivity contribution in [3.8, 4) is 0 Å². The molecule has 20 heavy (non-hydrogen) atoms. The second kappa shape index (κ2) is 6.42. The Morgan fingerprint density at radius 3 is 2.60 bits per heavy atom. The number of hydrogen-bond donors (Lipinski definition) is 1. The van der Waals surface area contributed by atoms with Crippen molar-refractivity contribution >= 4 is 11.6 Å². The molecule has 108 valence electrons. The zero-order valence-electron chi connectivity index (χ0n) is 12.6. The lowest BCUT2D eigenvalue weighted by Crippen LogP contribution is -2.21. The van der Waals surface area contributed by atoms with Gasteiger partial charge in [0.2, 0.25) is 0 Å². The fourth-order valence-corrected chi connectivity index (χ4v) is 2.90. The van der Waals surface area contributed by atoms with Crippen molar-refractivity contribution in [3.63, 3.8) is 0 Å². The highest BCUT2D eigenvalue weighted by Gasteiger charge is 2.18. The summed E-state index contributed by atoms with van der Waals surface area (Å²) in [4.78, 5) is 0. The van der Waals surface area contributed by atoms with Crippen molar-refractivity contribution in [2.24, 2.45) is 7.05 Å². The summed E-state index contributed by atoms with van der Waals surface area (Å²) in [5.41, 5.74) is 4.69. The number of aryl methyl sites for hydroxylation is 3. The van der Waals surface area contributed by atoms with Gasteiger partial charge in [0.25, 0.3) is 0 Å². The molecule has 0 aliphatic heterocycles. The lowest BCUT2D eigenvalue weighted by atomic mass is 9.95. The Bertz CT molecular complexity index is 589. The number of benzene rings is 1. The minimum absolute atomic E-state index is 0.249. The third-order valence-electron chi connectivity index (χ3n) is 3.82. The molecular weight excluding hydrogens is 270 g/mol. The molecule has 0 saturated heterocycles. The number of likely N-dealkylation sites (N-methyl/N-ethyl adjacent to an activating group) is 1. The molecule has 0 fully saturated rings. The van der Waals surface area contributed by atoms with E-state index in [1.807, 2.05) is 25.7 Å². The molecule has 0 saturated carbocycles. The van der Waals surface area contributed by atoms with Crippen molar-refractivity contribution in [1.82, 2.24) is 15.1 Å². The molecule has 2 aromatic rings. The predicted molar refractivity (Wildman–Crippen MR) is 84.3 cm³/mol. The Morgan fingerprint density at radius 1 is 1.35 bits per heavy atom. The van der Waals surface area contributed by atoms with Gasteiger partial charge in [-0.3, -0.25) is 4.68 Å². The van der Waals surface area contributed by atoms with Gasteiger partial charge in [-0.05, 0) is 31.5 Å². The Kier molecular flexibility index (Phi) is 4.84. The van der Waals surface area contributed by atoms with Crippen molar-refractivity contribution in [3.05, 3.63) is 51.8 Å². The largest absolute Gasteiger partial charge is 0.313 e. The van der Waals surface area contributed by atoms with Gasteiger partial charge < -0.3 is 5.32 Å². The molecule has 0 spiro atoms. The SMILES string of the molecule is CCc1ccccc1C(Cc1c(Cl)c(C)nn1C)NC. The first-order chi connectivity index (χ1) is 9.58. The second-order valence-electron chi connectivity index (χ2n) is 5.07. The van der Waals surface area contributed by atoms with Crippen LogP contribution in [0.4, 0.5) is 0 Å². The molecule has 0 radical (unpaired) electrons. The van der Waals surface area contributed by atoms with E-state index in [1.54, 1.807) is 0 Å². The fraction of sp³-hybridized carbons (Fsp3) is 0.438. The van der Waals surface area contributed by atoms with Crippen LogP contribution < -0.4 is 5.32 Å². The summed E-state index contributed by atoms with van der Waals surface area (Å²) in [6.07, 6.45) is 1.87. The minimum Gasteiger partial charge on any atom is -0.313 e. The van der Waals surface area contributed by atoms with E-state index in [1.165, 1.54) is 11.1 Å². The first-order valence-electron chi connectivity index (χ1n) is 7.01. The molecule has 0 amide bonds. The zero-order valence-corrected chi connectivity index (χ0v) is 13.3. The van der Waals surface area contributed by atoms with Crippen LogP contribution in [0.15, 0.2) is 24.3 Å². The van der Waals surface area contributed by atoms with Gasteiger partial charge in [0, 0.05) is 19.5 Å². The first-order valence-corrected chi connectivity index (χ1v) is 7.39. The summed E-state index contributed by atoms with van der Waals surface area (Å²) >= 11 is 6.37. The van der Waals surface area contributed by atoms with Crippen LogP contribution in [0.5, 0.6) is 0 Å². The van der Waals surface area contributed by atoms with E-state index < -0.39 is 0 Å². The van der Waals surface area contributed by atoms with Gasteiger partial charge in [0.05, 0.1) is 16.4 Å². The summed E-state index contributed by atoms with van der Waals surface area (Å²) in [6.45, 7) is 4.13. The fourth-order valence-electron chi connectivity index (χ4n) is 2.66. The highest BCUT2D eigenvalue weighted by atomic mass is 35.5. The second-order valence-corrected chi connectivity index (χ2v) is 5.45. The molecule has 0 aliphatic carbocycles. The van der Waals surface area contributed by atoms with Crippen LogP contribution in [0.1, 0.15) is 35.5 Å². The molecule has 4 heteroatoms. The maximum absolute atomic E-state index is 6.37. The summed E-state index contributed by atoms with van der Waals surface area (Å²) < 4.78 is 1.89. The number of rotatable bonds is 5. The third kappa shape index (κ3) is 2.89. The normalized spacial score (nSPS) is 12.7. The number of halogens is 1. The molecule has 1 aromatic heterocycles. The standard InChI is InChI=1S/C16H22ClN3/c1-5-12-8-6-7-9-13(12)14(18-3)10-15-16(17)11(2)19-20(15)4/h6-9,14,18H,5,10H2,1-4H3. The molecule has 3 nitrogen and oxygen atoms in total. The summed E-state index contributed by atoms with van der Waals surface area (Å²) in [7, 11) is 3.95. The quantitative estimate of drug-likeness (QED) is 0.914. The highest BCUT2D eigenvalue weighted by Crippen LogP contribution is 2.27. The molecule has 0 aliphatic rings. The van der Waals surface area contributed by atoms with Crippen LogP contribution in [-0.2, 0) is 19.9 Å². The number of hydrogen-bond acceptors (Lipinski definition) is 2. The lowest BCUT2D eigenvalue weighted by molar-refractivity contribution is 0.557. The number of aromatic nitrogens is 2. The van der Waals surface area contributed by atoms with Gasteiger partial charge in [-0.25, -0.2) is 0 Å². The topological polar surface area (TPSA) is 29.9 Å². The van der Waals surface area contributed by atoms with Gasteiger partial charge in [-0.1, -0.05) is 42.8 Å². The monoisotopic (exact) mass is 291 g/mol. The van der Waals surface area contributed by atoms with Crippen LogP contribution in [0.2, 0.25) is 5.02 Å². The first kappa shape index (κ1) is 15.1. The van der Waals surface area contributed by atoms with Crippen molar-refractivity contribution in [1.29, 1.82) is 0 Å². The molecule has 0 bridgehead atoms. The van der Waals surface area contributed by atoms with Crippen LogP contribution >= 0.6 is 11.6 Å². The zero-order chi connectivity index (χ0) is 14.7. The minimum atomic E-state index is 0.249. The van der Waals surface area contributed by atoms with Crippen molar-refractivity contribution in [2.45, 2.75) is 32.7 Å². The van der Waals surface area contributed by atoms with E-state index >= 15 is 0 Å². The van der Waals surface area contributed by atoms with Gasteiger partial charge in [-0.2, -0.15) is 5.10 Å². The third-order valence-corrected chi connectivity index (χ3v) is 4.31. The molecule has 1 unspecified atom stereocenters. The Labute approximate surface area is 126 Å². The molecule has 2 rings (SSSR count). The maximum Gasteiger partial charge on any atom is 0.0847 e. The smallest absolute Gasteiger partial charge is 0.0847 e. The summed E-state index contributed by atoms with van der Waals surface area (Å²) in [6, 6.07) is 8.82. The Balaban J connectivity index is 2.34. The van der Waals surface area contributed by atoms with E-state index in [0.29, 0.717) is 0 Å². The van der Waals surface area contributed by atoms with Crippen molar-refractivity contribution in [2.75, 3.05) is 7.05 Å². The van der Waals surface area contributed by atoms with Crippen LogP contribution in [0.25, 0.3) is 0 Å². The van der Waals surface area contributed by atoms with Gasteiger partial charge in [0.1, 0.15) is 0 Å². The average Bonchev–Trinajstić information content (AvgIpc) is 2.70. The Hall–Kier alpha value is -1.32. The Morgan fingerprint density at radius 2 is 2.05 bits per heavy atom. The van der Waals surface area contributed by atoms with Gasteiger partial charge in [0.15, 0.2) is 0 Å². The molecule has 1 atom stereocenters. The van der Waals surface area contributed by atoms with Crippen LogP contribution in [-0.4, -0.2) is 16.8 Å². The molecule has 1 aromatic carbocycles. The van der Waals surface area contributed by atoms with E-state index in [9.17, 15) is 0 Å². The van der Waals surface area contributed by atoms with Gasteiger partial charge in [-0.15, -0.1) is 0 Å². The van der Waals surface area contributed by atoms with E-state index in [4.69, 9.17) is 11.6 Å². The molecular formula is C16H22ClN3. The predicted octanol–water partition coefficient (Wildman–Crippen LogP) is 3.45. The number of nitrogens with one attached hydrogen (secondary N) is 1. The summed E-state index contributed by atoms with van der Waals surface area (Å²) in [5.74, 6) is 0. The number of nitrogens with zero attached hydrogens (tertiary/aromatic N) is 2. The van der Waals surface area contributed by atoms with Gasteiger partial charge >= 0.3 is 0 Å². The maximum atomic E-state index is 6.37. The highest BCUT2D eigenvalue weighted by molar-refractivity contribution is 6.31. The summed E-state index contributed by atoms with van der Waals surface area (Å²) in [5, 5.41) is 8.58. The average molecular weight is 292 g/mol. The van der Waals surface area contributed by atoms with Crippen LogP contribution in [0.3, 0.4) is 0 Å².